The Morgan fingerprint density at radius 1 is 1.17 bits per heavy atom. The fourth-order valence-corrected chi connectivity index (χ4v) is 1.70. The van der Waals surface area contributed by atoms with E-state index in [1.54, 1.807) is 0 Å². The molecule has 1 aromatic rings. The highest BCUT2D eigenvalue weighted by Gasteiger charge is 2.08. The number of aliphatic carboxylic acids is 1. The van der Waals surface area contributed by atoms with Gasteiger partial charge >= 0.3 is 5.97 Å². The lowest BCUT2D eigenvalue weighted by atomic mass is 10.1. The van der Waals surface area contributed by atoms with E-state index >= 15 is 0 Å². The summed E-state index contributed by atoms with van der Waals surface area (Å²) < 4.78 is 0. The minimum Gasteiger partial charge on any atom is -0.481 e. The van der Waals surface area contributed by atoms with Crippen molar-refractivity contribution in [1.29, 1.82) is 0 Å². The Balaban J connectivity index is 2.26. The molecule has 0 saturated carbocycles. The molecular weight excluding hydrogens is 230 g/mol. The first-order valence-corrected chi connectivity index (χ1v) is 6.15. The van der Waals surface area contributed by atoms with Crippen LogP contribution in [0.3, 0.4) is 0 Å². The number of carboxylic acid groups (broad SMARTS) is 1. The molecule has 0 aliphatic heterocycles. The summed E-state index contributed by atoms with van der Waals surface area (Å²) in [6.45, 7) is 1.94. The van der Waals surface area contributed by atoms with Crippen LogP contribution in [0, 0.1) is 0 Å². The molecule has 0 fully saturated rings. The smallest absolute Gasteiger partial charge is 0.303 e. The van der Waals surface area contributed by atoms with Gasteiger partial charge in [-0.25, -0.2) is 0 Å². The second-order valence-corrected chi connectivity index (χ2v) is 4.30. The fourth-order valence-electron chi connectivity index (χ4n) is 1.70. The van der Waals surface area contributed by atoms with E-state index in [4.69, 9.17) is 5.11 Å². The number of nitrogens with one attached hydrogen (secondary N) is 1. The predicted octanol–water partition coefficient (Wildman–Crippen LogP) is 2.51. The van der Waals surface area contributed by atoms with Crippen molar-refractivity contribution < 1.29 is 14.7 Å². The number of hydrogen-bond donors (Lipinski definition) is 2. The molecule has 1 rings (SSSR count). The molecule has 0 bridgehead atoms. The molecule has 0 aliphatic rings. The zero-order valence-electron chi connectivity index (χ0n) is 10.6. The lowest BCUT2D eigenvalue weighted by Gasteiger charge is -2.14. The summed E-state index contributed by atoms with van der Waals surface area (Å²) in [7, 11) is 0. The molecule has 0 radical (unpaired) electrons. The number of carbonyl (C=O) groups is 2. The SMILES string of the molecule is CC(NC(=O)CCCCC(=O)O)c1ccccc1. The largest absolute Gasteiger partial charge is 0.481 e. The van der Waals surface area contributed by atoms with Crippen LogP contribution in [-0.4, -0.2) is 17.0 Å². The Bertz CT molecular complexity index is 389. The van der Waals surface area contributed by atoms with Crippen molar-refractivity contribution in [2.24, 2.45) is 0 Å². The Morgan fingerprint density at radius 2 is 1.78 bits per heavy atom. The van der Waals surface area contributed by atoms with Gasteiger partial charge in [0.1, 0.15) is 0 Å². The molecule has 18 heavy (non-hydrogen) atoms. The van der Waals surface area contributed by atoms with Crippen LogP contribution in [0.2, 0.25) is 0 Å². The first-order chi connectivity index (χ1) is 8.59. The molecule has 1 amide bonds. The zero-order chi connectivity index (χ0) is 13.4. The van der Waals surface area contributed by atoms with Crippen molar-refractivity contribution in [3.05, 3.63) is 35.9 Å². The van der Waals surface area contributed by atoms with Gasteiger partial charge in [-0.3, -0.25) is 9.59 Å². The third-order valence-corrected chi connectivity index (χ3v) is 2.72. The molecule has 0 saturated heterocycles. The van der Waals surface area contributed by atoms with Crippen molar-refractivity contribution in [2.75, 3.05) is 0 Å². The van der Waals surface area contributed by atoms with Crippen molar-refractivity contribution in [1.82, 2.24) is 5.32 Å². The molecule has 4 nitrogen and oxygen atoms in total. The fraction of sp³-hybridized carbons (Fsp3) is 0.429. The van der Waals surface area contributed by atoms with Crippen molar-refractivity contribution in [3.63, 3.8) is 0 Å². The Hall–Kier alpha value is -1.84. The van der Waals surface area contributed by atoms with E-state index in [1.807, 2.05) is 37.3 Å². The molecule has 2 N–H and O–H groups in total. The van der Waals surface area contributed by atoms with Gasteiger partial charge in [0.2, 0.25) is 5.91 Å². The third kappa shape index (κ3) is 5.48. The number of hydrogen-bond acceptors (Lipinski definition) is 2. The number of carbonyl (C=O) groups excluding carboxylic acids is 1. The maximum atomic E-state index is 11.6. The summed E-state index contributed by atoms with van der Waals surface area (Å²) in [6, 6.07) is 9.72. The van der Waals surface area contributed by atoms with Crippen molar-refractivity contribution >= 4 is 11.9 Å². The van der Waals surface area contributed by atoms with Gasteiger partial charge in [0.05, 0.1) is 6.04 Å². The number of rotatable bonds is 7. The van der Waals surface area contributed by atoms with Crippen LogP contribution < -0.4 is 5.32 Å². The van der Waals surface area contributed by atoms with Crippen LogP contribution >= 0.6 is 0 Å². The average molecular weight is 249 g/mol. The van der Waals surface area contributed by atoms with E-state index in [2.05, 4.69) is 5.32 Å². The van der Waals surface area contributed by atoms with Gasteiger partial charge in [0.25, 0.3) is 0 Å². The van der Waals surface area contributed by atoms with Crippen molar-refractivity contribution in [3.8, 4) is 0 Å². The summed E-state index contributed by atoms with van der Waals surface area (Å²) in [5, 5.41) is 11.4. The second-order valence-electron chi connectivity index (χ2n) is 4.30. The Kier molecular flexibility index (Phi) is 5.91. The first kappa shape index (κ1) is 14.2. The van der Waals surface area contributed by atoms with E-state index in [-0.39, 0.29) is 18.4 Å². The topological polar surface area (TPSA) is 66.4 Å². The minimum absolute atomic E-state index is 0.0156. The van der Waals surface area contributed by atoms with Gasteiger partial charge < -0.3 is 10.4 Å². The van der Waals surface area contributed by atoms with Crippen LogP contribution in [0.15, 0.2) is 30.3 Å². The molecule has 4 heteroatoms. The third-order valence-electron chi connectivity index (χ3n) is 2.72. The molecule has 1 atom stereocenters. The zero-order valence-corrected chi connectivity index (χ0v) is 10.6. The van der Waals surface area contributed by atoms with Gasteiger partial charge in [-0.15, -0.1) is 0 Å². The maximum Gasteiger partial charge on any atom is 0.303 e. The predicted molar refractivity (Wildman–Crippen MR) is 69.1 cm³/mol. The number of carboxylic acids is 1. The second kappa shape index (κ2) is 7.48. The van der Waals surface area contributed by atoms with E-state index < -0.39 is 5.97 Å². The molecule has 0 spiro atoms. The van der Waals surface area contributed by atoms with Gasteiger partial charge in [-0.05, 0) is 25.3 Å². The van der Waals surface area contributed by atoms with Crippen LogP contribution in [0.1, 0.15) is 44.2 Å². The molecule has 0 aliphatic carbocycles. The molecule has 1 aromatic carbocycles. The normalized spacial score (nSPS) is 11.8. The van der Waals surface area contributed by atoms with E-state index in [1.165, 1.54) is 0 Å². The maximum absolute atomic E-state index is 11.6. The number of benzene rings is 1. The van der Waals surface area contributed by atoms with Crippen LogP contribution in [-0.2, 0) is 9.59 Å². The van der Waals surface area contributed by atoms with Crippen molar-refractivity contribution in [2.45, 2.75) is 38.6 Å². The minimum atomic E-state index is -0.812. The number of unbranched alkanes of at least 4 members (excludes halogenated alkanes) is 1. The summed E-state index contributed by atoms with van der Waals surface area (Å²) in [4.78, 5) is 21.9. The molecule has 0 heterocycles. The van der Waals surface area contributed by atoms with E-state index in [9.17, 15) is 9.59 Å². The summed E-state index contributed by atoms with van der Waals surface area (Å²) in [6.07, 6.45) is 1.66. The standard InChI is InChI=1S/C14H19NO3/c1-11(12-7-3-2-4-8-12)15-13(16)9-5-6-10-14(17)18/h2-4,7-8,11H,5-6,9-10H2,1H3,(H,15,16)(H,17,18). The molecule has 0 aromatic heterocycles. The Morgan fingerprint density at radius 3 is 2.39 bits per heavy atom. The van der Waals surface area contributed by atoms with Gasteiger partial charge in [-0.2, -0.15) is 0 Å². The highest BCUT2D eigenvalue weighted by Crippen LogP contribution is 2.11. The summed E-state index contributed by atoms with van der Waals surface area (Å²) in [5.74, 6) is -0.843. The summed E-state index contributed by atoms with van der Waals surface area (Å²) in [5.41, 5.74) is 1.07. The van der Waals surface area contributed by atoms with Crippen LogP contribution in [0.25, 0.3) is 0 Å². The van der Waals surface area contributed by atoms with Gasteiger partial charge in [0.15, 0.2) is 0 Å². The van der Waals surface area contributed by atoms with Crippen LogP contribution in [0.4, 0.5) is 0 Å². The lowest BCUT2D eigenvalue weighted by Crippen LogP contribution is -2.26. The quantitative estimate of drug-likeness (QED) is 0.730. The highest BCUT2D eigenvalue weighted by atomic mass is 16.4. The first-order valence-electron chi connectivity index (χ1n) is 6.15. The molecule has 98 valence electrons. The van der Waals surface area contributed by atoms with E-state index in [0.29, 0.717) is 19.3 Å². The lowest BCUT2D eigenvalue weighted by molar-refractivity contribution is -0.137. The van der Waals surface area contributed by atoms with Gasteiger partial charge in [-0.1, -0.05) is 30.3 Å². The Labute approximate surface area is 107 Å². The van der Waals surface area contributed by atoms with Gasteiger partial charge in [0, 0.05) is 12.8 Å². The van der Waals surface area contributed by atoms with Crippen LogP contribution in [0.5, 0.6) is 0 Å². The molecule has 1 unspecified atom stereocenters. The summed E-state index contributed by atoms with van der Waals surface area (Å²) >= 11 is 0. The highest BCUT2D eigenvalue weighted by molar-refractivity contribution is 5.76. The average Bonchev–Trinajstić information content (AvgIpc) is 2.35. The monoisotopic (exact) mass is 249 g/mol. The molecular formula is C14H19NO3. The number of amides is 1. The van der Waals surface area contributed by atoms with E-state index in [0.717, 1.165) is 5.56 Å².